The standard InChI is InChI=1S/C24H28N2O5S/c1-16(2)26(24(27)17-8-6-9-19(12-17)28-3)13-18-15-32-22(25-18)14-31-23-20(29-4)10-7-11-21(23)30-5/h6-12,15-16H,13-14H2,1-5H3. The minimum absolute atomic E-state index is 0.00735. The van der Waals surface area contributed by atoms with Gasteiger partial charge in [0.25, 0.3) is 5.91 Å². The fraction of sp³-hybridized carbons (Fsp3) is 0.333. The number of nitrogens with zero attached hydrogens (tertiary/aromatic N) is 2. The van der Waals surface area contributed by atoms with E-state index in [2.05, 4.69) is 4.98 Å². The third kappa shape index (κ3) is 5.50. The highest BCUT2D eigenvalue weighted by Gasteiger charge is 2.21. The molecule has 1 heterocycles. The number of methoxy groups -OCH3 is 3. The second-order valence-corrected chi connectivity index (χ2v) is 8.21. The minimum atomic E-state index is -0.0662. The number of carbonyl (C=O) groups is 1. The van der Waals surface area contributed by atoms with Gasteiger partial charge in [0, 0.05) is 17.0 Å². The lowest BCUT2D eigenvalue weighted by molar-refractivity contribution is 0.0687. The molecule has 3 aromatic rings. The fourth-order valence-electron chi connectivity index (χ4n) is 3.17. The molecule has 0 unspecified atom stereocenters. The number of hydrogen-bond acceptors (Lipinski definition) is 7. The van der Waals surface area contributed by atoms with Crippen LogP contribution in [0.3, 0.4) is 0 Å². The van der Waals surface area contributed by atoms with Gasteiger partial charge in [0.15, 0.2) is 11.5 Å². The number of thiazole rings is 1. The maximum absolute atomic E-state index is 13.1. The molecule has 170 valence electrons. The van der Waals surface area contributed by atoms with E-state index in [0.717, 1.165) is 10.7 Å². The lowest BCUT2D eigenvalue weighted by atomic mass is 10.1. The fourth-order valence-corrected chi connectivity index (χ4v) is 3.86. The van der Waals surface area contributed by atoms with Crippen molar-refractivity contribution in [2.75, 3.05) is 21.3 Å². The maximum Gasteiger partial charge on any atom is 0.254 e. The summed E-state index contributed by atoms with van der Waals surface area (Å²) in [6.45, 7) is 4.65. The molecular formula is C24H28N2O5S. The second-order valence-electron chi connectivity index (χ2n) is 7.27. The Bertz CT molecular complexity index is 1030. The van der Waals surface area contributed by atoms with Gasteiger partial charge in [-0.05, 0) is 44.2 Å². The molecule has 0 spiro atoms. The first-order valence-electron chi connectivity index (χ1n) is 10.2. The number of amides is 1. The van der Waals surface area contributed by atoms with Crippen molar-refractivity contribution in [1.29, 1.82) is 0 Å². The van der Waals surface area contributed by atoms with Crippen LogP contribution in [0.2, 0.25) is 0 Å². The van der Waals surface area contributed by atoms with Gasteiger partial charge in [-0.15, -0.1) is 11.3 Å². The average Bonchev–Trinajstić information content (AvgIpc) is 3.27. The number of ether oxygens (including phenoxy) is 4. The molecular weight excluding hydrogens is 428 g/mol. The van der Waals surface area contributed by atoms with E-state index < -0.39 is 0 Å². The largest absolute Gasteiger partial charge is 0.497 e. The quantitative estimate of drug-likeness (QED) is 0.437. The molecule has 0 aliphatic carbocycles. The zero-order chi connectivity index (χ0) is 23.1. The van der Waals surface area contributed by atoms with E-state index in [0.29, 0.717) is 35.1 Å². The molecule has 0 atom stereocenters. The van der Waals surface area contributed by atoms with Gasteiger partial charge < -0.3 is 23.8 Å². The number of hydrogen-bond donors (Lipinski definition) is 0. The van der Waals surface area contributed by atoms with Gasteiger partial charge in [0.1, 0.15) is 17.4 Å². The number of aromatic nitrogens is 1. The van der Waals surface area contributed by atoms with Gasteiger partial charge in [-0.25, -0.2) is 4.98 Å². The summed E-state index contributed by atoms with van der Waals surface area (Å²) >= 11 is 1.49. The zero-order valence-electron chi connectivity index (χ0n) is 19.0. The summed E-state index contributed by atoms with van der Waals surface area (Å²) in [5.74, 6) is 2.31. The highest BCUT2D eigenvalue weighted by atomic mass is 32.1. The average molecular weight is 457 g/mol. The van der Waals surface area contributed by atoms with Crippen LogP contribution >= 0.6 is 11.3 Å². The molecule has 0 aliphatic rings. The Kier molecular flexibility index (Phi) is 7.94. The number of para-hydroxylation sites is 1. The second kappa shape index (κ2) is 10.9. The molecule has 0 N–H and O–H groups in total. The summed E-state index contributed by atoms with van der Waals surface area (Å²) in [4.78, 5) is 19.6. The van der Waals surface area contributed by atoms with Crippen LogP contribution in [0.25, 0.3) is 0 Å². The summed E-state index contributed by atoms with van der Waals surface area (Å²) in [7, 11) is 4.76. The van der Waals surface area contributed by atoms with Gasteiger partial charge in [-0.3, -0.25) is 4.79 Å². The van der Waals surface area contributed by atoms with Crippen molar-refractivity contribution in [1.82, 2.24) is 9.88 Å². The molecule has 2 aromatic carbocycles. The molecule has 32 heavy (non-hydrogen) atoms. The van der Waals surface area contributed by atoms with Crippen LogP contribution in [0, 0.1) is 0 Å². The molecule has 0 saturated heterocycles. The van der Waals surface area contributed by atoms with Gasteiger partial charge in [-0.1, -0.05) is 12.1 Å². The van der Waals surface area contributed by atoms with E-state index in [-0.39, 0.29) is 18.6 Å². The van der Waals surface area contributed by atoms with E-state index in [9.17, 15) is 4.79 Å². The molecule has 7 nitrogen and oxygen atoms in total. The number of benzene rings is 2. The molecule has 0 bridgehead atoms. The lowest BCUT2D eigenvalue weighted by Crippen LogP contribution is -2.36. The summed E-state index contributed by atoms with van der Waals surface area (Å²) < 4.78 is 21.9. The Morgan fingerprint density at radius 2 is 1.72 bits per heavy atom. The summed E-state index contributed by atoms with van der Waals surface area (Å²) in [6.07, 6.45) is 0. The molecule has 0 aliphatic heterocycles. The predicted molar refractivity (Wildman–Crippen MR) is 124 cm³/mol. The Morgan fingerprint density at radius 1 is 1.03 bits per heavy atom. The van der Waals surface area contributed by atoms with Crippen molar-refractivity contribution in [2.24, 2.45) is 0 Å². The monoisotopic (exact) mass is 456 g/mol. The van der Waals surface area contributed by atoms with E-state index in [1.807, 2.05) is 49.6 Å². The minimum Gasteiger partial charge on any atom is -0.497 e. The predicted octanol–water partition coefficient (Wildman–Crippen LogP) is 4.80. The van der Waals surface area contributed by atoms with Crippen molar-refractivity contribution in [3.8, 4) is 23.0 Å². The highest BCUT2D eigenvalue weighted by Crippen LogP contribution is 2.37. The smallest absolute Gasteiger partial charge is 0.254 e. The number of rotatable bonds is 10. The number of carbonyl (C=O) groups excluding carboxylic acids is 1. The first-order valence-corrected chi connectivity index (χ1v) is 11.1. The highest BCUT2D eigenvalue weighted by molar-refractivity contribution is 7.09. The topological polar surface area (TPSA) is 70.1 Å². The summed E-state index contributed by atoms with van der Waals surface area (Å²) in [6, 6.07) is 12.7. The molecule has 8 heteroatoms. The lowest BCUT2D eigenvalue weighted by Gasteiger charge is -2.26. The Balaban J connectivity index is 1.71. The van der Waals surface area contributed by atoms with E-state index in [1.54, 1.807) is 38.4 Å². The molecule has 0 saturated carbocycles. The van der Waals surface area contributed by atoms with Crippen molar-refractivity contribution in [3.05, 3.63) is 64.1 Å². The molecule has 3 rings (SSSR count). The Labute approximate surface area is 192 Å². The van der Waals surface area contributed by atoms with Crippen molar-refractivity contribution < 1.29 is 23.7 Å². The van der Waals surface area contributed by atoms with E-state index in [4.69, 9.17) is 18.9 Å². The van der Waals surface area contributed by atoms with E-state index in [1.165, 1.54) is 11.3 Å². The van der Waals surface area contributed by atoms with Gasteiger partial charge in [0.05, 0.1) is 33.6 Å². The van der Waals surface area contributed by atoms with E-state index >= 15 is 0 Å². The SMILES string of the molecule is COc1cccc(C(=O)N(Cc2csc(COc3c(OC)cccc3OC)n2)C(C)C)c1. The zero-order valence-corrected chi connectivity index (χ0v) is 19.8. The normalized spacial score (nSPS) is 10.7. The first kappa shape index (κ1) is 23.4. The molecule has 1 amide bonds. The van der Waals surface area contributed by atoms with Crippen LogP contribution in [0.5, 0.6) is 23.0 Å². The summed E-state index contributed by atoms with van der Waals surface area (Å²) in [5.41, 5.74) is 1.39. The van der Waals surface area contributed by atoms with Crippen molar-refractivity contribution >= 4 is 17.2 Å². The van der Waals surface area contributed by atoms with Gasteiger partial charge >= 0.3 is 0 Å². The van der Waals surface area contributed by atoms with Crippen LogP contribution in [-0.4, -0.2) is 43.2 Å². The third-order valence-electron chi connectivity index (χ3n) is 4.86. The van der Waals surface area contributed by atoms with Crippen LogP contribution < -0.4 is 18.9 Å². The Hall–Kier alpha value is -3.26. The molecule has 0 radical (unpaired) electrons. The van der Waals surface area contributed by atoms with Crippen molar-refractivity contribution in [2.45, 2.75) is 33.0 Å². The van der Waals surface area contributed by atoms with Crippen LogP contribution in [0.15, 0.2) is 47.8 Å². The summed E-state index contributed by atoms with van der Waals surface area (Å²) in [5, 5.41) is 2.75. The van der Waals surface area contributed by atoms with Crippen molar-refractivity contribution in [3.63, 3.8) is 0 Å². The van der Waals surface area contributed by atoms with Crippen LogP contribution in [-0.2, 0) is 13.2 Å². The van der Waals surface area contributed by atoms with Crippen LogP contribution in [0.1, 0.15) is 34.9 Å². The Morgan fingerprint density at radius 3 is 2.34 bits per heavy atom. The first-order chi connectivity index (χ1) is 15.5. The van der Waals surface area contributed by atoms with Crippen LogP contribution in [0.4, 0.5) is 0 Å². The third-order valence-corrected chi connectivity index (χ3v) is 5.73. The van der Waals surface area contributed by atoms with Gasteiger partial charge in [-0.2, -0.15) is 0 Å². The maximum atomic E-state index is 13.1. The molecule has 0 fully saturated rings. The van der Waals surface area contributed by atoms with Gasteiger partial charge in [0.2, 0.25) is 5.75 Å². The molecule has 1 aromatic heterocycles.